The van der Waals surface area contributed by atoms with E-state index in [2.05, 4.69) is 23.8 Å². The summed E-state index contributed by atoms with van der Waals surface area (Å²) in [7, 11) is 2.31. The van der Waals surface area contributed by atoms with Crippen LogP contribution in [0.5, 0.6) is 0 Å². The Bertz CT molecular complexity index is 252. The smallest absolute Gasteiger partial charge is 0.0341 e. The van der Waals surface area contributed by atoms with Crippen LogP contribution in [-0.4, -0.2) is 55.1 Å². The Balaban J connectivity index is 1.94. The average Bonchev–Trinajstić information content (AvgIpc) is 2.56. The SMILES string of the molecule is CCN1CCCC(CN)(N(C)CC2CCC2)CC1. The highest BCUT2D eigenvalue weighted by Crippen LogP contribution is 2.32. The lowest BCUT2D eigenvalue weighted by molar-refractivity contribution is 0.0717. The second-order valence-electron chi connectivity index (χ2n) is 6.39. The van der Waals surface area contributed by atoms with Gasteiger partial charge in [0.15, 0.2) is 0 Å². The van der Waals surface area contributed by atoms with E-state index in [1.807, 2.05) is 0 Å². The van der Waals surface area contributed by atoms with Crippen LogP contribution in [0.15, 0.2) is 0 Å². The summed E-state index contributed by atoms with van der Waals surface area (Å²) in [6.07, 6.45) is 8.15. The zero-order chi connectivity index (χ0) is 13.0. The molecule has 2 N–H and O–H groups in total. The monoisotopic (exact) mass is 253 g/mol. The zero-order valence-electron chi connectivity index (χ0n) is 12.3. The number of rotatable bonds is 5. The third-order valence-corrected chi connectivity index (χ3v) is 5.40. The Labute approximate surface area is 113 Å². The largest absolute Gasteiger partial charge is 0.329 e. The highest BCUT2D eigenvalue weighted by molar-refractivity contribution is 4.94. The maximum absolute atomic E-state index is 6.17. The minimum Gasteiger partial charge on any atom is -0.329 e. The first kappa shape index (κ1) is 14.3. The molecule has 1 saturated carbocycles. The maximum atomic E-state index is 6.17. The first-order valence-corrected chi connectivity index (χ1v) is 7.84. The standard InChI is InChI=1S/C15H31N3/c1-3-18-10-5-8-15(13-16,9-11-18)17(2)12-14-6-4-7-14/h14H,3-13,16H2,1-2H3. The van der Waals surface area contributed by atoms with Crippen molar-refractivity contribution < 1.29 is 0 Å². The molecule has 2 aliphatic rings. The fourth-order valence-corrected chi connectivity index (χ4v) is 3.55. The molecule has 1 aliphatic carbocycles. The second-order valence-corrected chi connectivity index (χ2v) is 6.39. The Morgan fingerprint density at radius 2 is 2.00 bits per heavy atom. The van der Waals surface area contributed by atoms with E-state index >= 15 is 0 Å². The molecule has 0 aromatic carbocycles. The molecule has 3 heteroatoms. The minimum absolute atomic E-state index is 0.277. The summed E-state index contributed by atoms with van der Waals surface area (Å²) >= 11 is 0. The van der Waals surface area contributed by atoms with Crippen LogP contribution in [0.2, 0.25) is 0 Å². The number of hydrogen-bond acceptors (Lipinski definition) is 3. The molecule has 0 aromatic rings. The van der Waals surface area contributed by atoms with Gasteiger partial charge in [0.1, 0.15) is 0 Å². The molecule has 1 aliphatic heterocycles. The molecule has 106 valence electrons. The molecule has 1 unspecified atom stereocenters. The van der Waals surface area contributed by atoms with Crippen LogP contribution in [-0.2, 0) is 0 Å². The highest BCUT2D eigenvalue weighted by atomic mass is 15.2. The highest BCUT2D eigenvalue weighted by Gasteiger charge is 2.36. The Hall–Kier alpha value is -0.120. The topological polar surface area (TPSA) is 32.5 Å². The number of hydrogen-bond donors (Lipinski definition) is 1. The summed E-state index contributed by atoms with van der Waals surface area (Å²) < 4.78 is 0. The quantitative estimate of drug-likeness (QED) is 0.812. The third kappa shape index (κ3) is 3.06. The van der Waals surface area contributed by atoms with Crippen molar-refractivity contribution in [2.75, 3.05) is 39.8 Å². The van der Waals surface area contributed by atoms with Crippen LogP contribution >= 0.6 is 0 Å². The van der Waals surface area contributed by atoms with E-state index in [1.165, 1.54) is 64.7 Å². The lowest BCUT2D eigenvalue weighted by atomic mass is 9.82. The summed E-state index contributed by atoms with van der Waals surface area (Å²) in [5.41, 5.74) is 6.45. The third-order valence-electron chi connectivity index (χ3n) is 5.40. The zero-order valence-corrected chi connectivity index (χ0v) is 12.3. The number of nitrogens with zero attached hydrogens (tertiary/aromatic N) is 2. The lowest BCUT2D eigenvalue weighted by Gasteiger charge is -2.44. The van der Waals surface area contributed by atoms with Crippen LogP contribution in [0.4, 0.5) is 0 Å². The van der Waals surface area contributed by atoms with E-state index < -0.39 is 0 Å². The van der Waals surface area contributed by atoms with Gasteiger partial charge in [0.05, 0.1) is 0 Å². The van der Waals surface area contributed by atoms with Gasteiger partial charge in [0, 0.05) is 18.6 Å². The summed E-state index contributed by atoms with van der Waals surface area (Å²) in [6.45, 7) is 8.04. The normalized spacial score (nSPS) is 31.3. The molecule has 0 bridgehead atoms. The maximum Gasteiger partial charge on any atom is 0.0341 e. The molecule has 1 heterocycles. The molecule has 3 nitrogen and oxygen atoms in total. The molecule has 2 rings (SSSR count). The number of likely N-dealkylation sites (N-methyl/N-ethyl adjacent to an activating group) is 1. The molecule has 0 aromatic heterocycles. The van der Waals surface area contributed by atoms with Gasteiger partial charge in [-0.1, -0.05) is 13.3 Å². The van der Waals surface area contributed by atoms with E-state index in [-0.39, 0.29) is 5.54 Å². The second kappa shape index (κ2) is 6.36. The molecule has 0 radical (unpaired) electrons. The summed E-state index contributed by atoms with van der Waals surface area (Å²) in [4.78, 5) is 5.19. The molecular formula is C15H31N3. The number of nitrogens with two attached hydrogens (primary N) is 1. The van der Waals surface area contributed by atoms with Gasteiger partial charge in [0.25, 0.3) is 0 Å². The predicted octanol–water partition coefficient (Wildman–Crippen LogP) is 1.92. The van der Waals surface area contributed by atoms with Crippen LogP contribution < -0.4 is 5.73 Å². The van der Waals surface area contributed by atoms with Crippen LogP contribution in [0.25, 0.3) is 0 Å². The molecule has 2 fully saturated rings. The van der Waals surface area contributed by atoms with Gasteiger partial charge < -0.3 is 10.6 Å². The average molecular weight is 253 g/mol. The van der Waals surface area contributed by atoms with Gasteiger partial charge in [-0.2, -0.15) is 0 Å². The predicted molar refractivity (Wildman–Crippen MR) is 77.7 cm³/mol. The van der Waals surface area contributed by atoms with Crippen molar-refractivity contribution in [3.63, 3.8) is 0 Å². The van der Waals surface area contributed by atoms with Crippen LogP contribution in [0, 0.1) is 5.92 Å². The van der Waals surface area contributed by atoms with Crippen molar-refractivity contribution in [1.82, 2.24) is 9.80 Å². The van der Waals surface area contributed by atoms with Crippen molar-refractivity contribution in [2.24, 2.45) is 11.7 Å². The first-order valence-electron chi connectivity index (χ1n) is 7.84. The summed E-state index contributed by atoms with van der Waals surface area (Å²) in [5.74, 6) is 0.948. The molecule has 0 spiro atoms. The van der Waals surface area contributed by atoms with Gasteiger partial charge in [-0.15, -0.1) is 0 Å². The molecule has 1 saturated heterocycles. The van der Waals surface area contributed by atoms with Crippen molar-refractivity contribution >= 4 is 0 Å². The van der Waals surface area contributed by atoms with Crippen LogP contribution in [0.3, 0.4) is 0 Å². The fourth-order valence-electron chi connectivity index (χ4n) is 3.55. The summed E-state index contributed by atoms with van der Waals surface area (Å²) in [6, 6.07) is 0. The first-order chi connectivity index (χ1) is 8.70. The van der Waals surface area contributed by atoms with E-state index in [1.54, 1.807) is 0 Å². The Morgan fingerprint density at radius 3 is 2.56 bits per heavy atom. The van der Waals surface area contributed by atoms with Gasteiger partial charge in [-0.05, 0) is 64.7 Å². The van der Waals surface area contributed by atoms with Gasteiger partial charge in [-0.3, -0.25) is 4.90 Å². The van der Waals surface area contributed by atoms with E-state index in [4.69, 9.17) is 5.73 Å². The van der Waals surface area contributed by atoms with Gasteiger partial charge in [-0.25, -0.2) is 0 Å². The molecule has 0 amide bonds. The van der Waals surface area contributed by atoms with E-state index in [0.717, 1.165) is 12.5 Å². The van der Waals surface area contributed by atoms with Gasteiger partial charge >= 0.3 is 0 Å². The van der Waals surface area contributed by atoms with Crippen molar-refractivity contribution in [3.8, 4) is 0 Å². The van der Waals surface area contributed by atoms with Crippen molar-refractivity contribution in [3.05, 3.63) is 0 Å². The van der Waals surface area contributed by atoms with E-state index in [0.29, 0.717) is 0 Å². The minimum atomic E-state index is 0.277. The lowest BCUT2D eigenvalue weighted by Crippen LogP contribution is -2.54. The number of likely N-dealkylation sites (tertiary alicyclic amines) is 1. The fraction of sp³-hybridized carbons (Fsp3) is 1.00. The van der Waals surface area contributed by atoms with Gasteiger partial charge in [0.2, 0.25) is 0 Å². The molecule has 18 heavy (non-hydrogen) atoms. The Morgan fingerprint density at radius 1 is 1.22 bits per heavy atom. The van der Waals surface area contributed by atoms with Crippen molar-refractivity contribution in [2.45, 2.75) is 51.0 Å². The van der Waals surface area contributed by atoms with Crippen molar-refractivity contribution in [1.29, 1.82) is 0 Å². The Kier molecular flexibility index (Phi) is 5.05. The summed E-state index contributed by atoms with van der Waals surface area (Å²) in [5, 5.41) is 0. The van der Waals surface area contributed by atoms with Crippen LogP contribution in [0.1, 0.15) is 45.4 Å². The molecular weight excluding hydrogens is 222 g/mol. The van der Waals surface area contributed by atoms with E-state index in [9.17, 15) is 0 Å². The molecule has 1 atom stereocenters.